The Morgan fingerprint density at radius 1 is 1.17 bits per heavy atom. The molecule has 1 aromatic heterocycles. The lowest BCUT2D eigenvalue weighted by atomic mass is 9.90. The van der Waals surface area contributed by atoms with Crippen molar-refractivity contribution in [2.24, 2.45) is 16.5 Å². The maximum atomic E-state index is 14.9. The van der Waals surface area contributed by atoms with E-state index in [0.717, 1.165) is 36.8 Å². The first-order valence-corrected chi connectivity index (χ1v) is 18.3. The summed E-state index contributed by atoms with van der Waals surface area (Å²) in [6.45, 7) is 2.93. The molecule has 0 spiro atoms. The fourth-order valence-corrected chi connectivity index (χ4v) is 9.22. The number of nitrogens with two attached hydrogens (primary N) is 2. The highest BCUT2D eigenvalue weighted by atomic mass is 33.1. The molecule has 1 fully saturated rings. The molecule has 9 N–H and O–H groups in total. The number of aliphatic hydroxyl groups is 3. The zero-order chi connectivity index (χ0) is 33.5. The van der Waals surface area contributed by atoms with E-state index in [9.17, 15) is 25.3 Å². The maximum Gasteiger partial charge on any atom is 0.200 e. The Balaban J connectivity index is 1.62. The van der Waals surface area contributed by atoms with Gasteiger partial charge in [0, 0.05) is 47.5 Å². The van der Waals surface area contributed by atoms with Gasteiger partial charge < -0.3 is 40.7 Å². The Kier molecular flexibility index (Phi) is 9.62. The lowest BCUT2D eigenvalue weighted by Gasteiger charge is -2.29. The molecule has 1 aliphatic carbocycles. The number of nitrogens with one attached hydrogen (secondary N) is 1. The molecule has 1 saturated carbocycles. The molecule has 14 heteroatoms. The topological polar surface area (TPSA) is 206 Å². The minimum atomic E-state index is -1.37. The number of anilines is 1. The van der Waals surface area contributed by atoms with Crippen molar-refractivity contribution >= 4 is 44.2 Å². The lowest BCUT2D eigenvalue weighted by molar-refractivity contribution is -0.0231. The number of hydrogen-bond donors (Lipinski definition) is 7. The van der Waals surface area contributed by atoms with Crippen LogP contribution in [-0.2, 0) is 18.6 Å². The third-order valence-corrected chi connectivity index (χ3v) is 11.6. The molecule has 3 atom stereocenters. The summed E-state index contributed by atoms with van der Waals surface area (Å²) in [6, 6.07) is 6.88. The van der Waals surface area contributed by atoms with Gasteiger partial charge in [0.15, 0.2) is 11.4 Å². The van der Waals surface area contributed by atoms with Gasteiger partial charge in [0.2, 0.25) is 0 Å². The maximum absolute atomic E-state index is 14.9. The second-order valence-electron chi connectivity index (χ2n) is 13.2. The SMILES string of the molecule is CC(C)(O)C1Cc2c(c3c4oc(c(Cc5ccc(NO)cc5)c(=O)c4c2OC2CCCC2)C(O)CC(CO)(N=C(N)N)CSSC3)O1. The fraction of sp³-hybridized carbons (Fsp3) is 0.515. The molecule has 12 nitrogen and oxygen atoms in total. The third-order valence-electron chi connectivity index (χ3n) is 9.20. The van der Waals surface area contributed by atoms with Gasteiger partial charge in [-0.1, -0.05) is 33.7 Å². The van der Waals surface area contributed by atoms with Gasteiger partial charge in [-0.3, -0.25) is 15.5 Å². The average molecular weight is 687 g/mol. The van der Waals surface area contributed by atoms with Crippen molar-refractivity contribution < 1.29 is 34.4 Å². The lowest BCUT2D eigenvalue weighted by Crippen LogP contribution is -2.40. The van der Waals surface area contributed by atoms with Crippen LogP contribution in [0.3, 0.4) is 0 Å². The van der Waals surface area contributed by atoms with E-state index in [1.165, 1.54) is 21.6 Å². The van der Waals surface area contributed by atoms with Gasteiger partial charge in [-0.2, -0.15) is 0 Å². The molecule has 254 valence electrons. The highest BCUT2D eigenvalue weighted by Gasteiger charge is 2.42. The molecule has 0 amide bonds. The minimum absolute atomic E-state index is 0.0393. The highest BCUT2D eigenvalue weighted by Crippen LogP contribution is 2.50. The molecule has 0 radical (unpaired) electrons. The molecule has 3 heterocycles. The standard InChI is InChI=1S/C33H42N4O8S2/c1-32(2,41)24-12-21-27(44-24)22-14-46-47-16-33(15-38,36-31(34)35)13-23(39)28-20(11-17-7-9-18(37-42)10-8-17)26(40)25(30(22)45-28)29(21)43-19-5-3-4-6-19/h7-10,19,23-24,37-39,41-42H,3-6,11-16H2,1-2H3,(H4,34,35,36). The van der Waals surface area contributed by atoms with Crippen molar-refractivity contribution in [1.29, 1.82) is 0 Å². The Morgan fingerprint density at radius 3 is 2.53 bits per heavy atom. The number of nitrogens with zero attached hydrogens (tertiary/aromatic N) is 1. The second-order valence-corrected chi connectivity index (χ2v) is 15.7. The van der Waals surface area contributed by atoms with Crippen LogP contribution in [0.25, 0.3) is 11.0 Å². The first kappa shape index (κ1) is 33.7. The second kappa shape index (κ2) is 13.4. The summed E-state index contributed by atoms with van der Waals surface area (Å²) in [6.07, 6.45) is 2.04. The predicted octanol–water partition coefficient (Wildman–Crippen LogP) is 3.90. The summed E-state index contributed by atoms with van der Waals surface area (Å²) in [5, 5.41) is 43.0. The van der Waals surface area contributed by atoms with E-state index in [2.05, 4.69) is 10.5 Å². The van der Waals surface area contributed by atoms with Gasteiger partial charge in [-0.25, -0.2) is 4.99 Å². The molecule has 3 aliphatic rings. The summed E-state index contributed by atoms with van der Waals surface area (Å²) in [4.78, 5) is 19.3. The first-order valence-electron chi connectivity index (χ1n) is 15.8. The van der Waals surface area contributed by atoms with Crippen LogP contribution in [0, 0.1) is 0 Å². The molecule has 2 aromatic carbocycles. The van der Waals surface area contributed by atoms with Crippen molar-refractivity contribution in [3.63, 3.8) is 0 Å². The number of benzene rings is 2. The molecule has 6 rings (SSSR count). The van der Waals surface area contributed by atoms with Crippen LogP contribution >= 0.6 is 21.6 Å². The molecular weight excluding hydrogens is 645 g/mol. The highest BCUT2D eigenvalue weighted by molar-refractivity contribution is 8.76. The van der Waals surface area contributed by atoms with Crippen LogP contribution in [0.4, 0.5) is 5.69 Å². The molecule has 0 saturated heterocycles. The summed E-state index contributed by atoms with van der Waals surface area (Å²) >= 11 is 0. The molecule has 3 aromatic rings. The molecule has 2 bridgehead atoms. The van der Waals surface area contributed by atoms with Crippen molar-refractivity contribution in [2.45, 2.75) is 94.0 Å². The number of ether oxygens (including phenoxy) is 2. The molecule has 47 heavy (non-hydrogen) atoms. The largest absolute Gasteiger partial charge is 0.489 e. The van der Waals surface area contributed by atoms with E-state index in [-0.39, 0.29) is 58.4 Å². The number of rotatable bonds is 8. The van der Waals surface area contributed by atoms with Crippen LogP contribution in [-0.4, -0.2) is 62.2 Å². The number of hydrogen-bond acceptors (Lipinski definition) is 12. The predicted molar refractivity (Wildman–Crippen MR) is 183 cm³/mol. The molecule has 2 aliphatic heterocycles. The van der Waals surface area contributed by atoms with Crippen molar-refractivity contribution in [3.8, 4) is 11.5 Å². The van der Waals surface area contributed by atoms with Gasteiger partial charge in [-0.05, 0) is 57.2 Å². The van der Waals surface area contributed by atoms with Crippen LogP contribution < -0.4 is 31.8 Å². The Bertz CT molecular complexity index is 1720. The van der Waals surface area contributed by atoms with Crippen molar-refractivity contribution in [1.82, 2.24) is 0 Å². The van der Waals surface area contributed by atoms with Gasteiger partial charge in [0.05, 0.1) is 24.0 Å². The number of fused-ring (bicyclic) bond motifs is 3. The van der Waals surface area contributed by atoms with E-state index in [1.807, 2.05) is 0 Å². The summed E-state index contributed by atoms with van der Waals surface area (Å²) in [7, 11) is 2.89. The van der Waals surface area contributed by atoms with E-state index in [1.54, 1.807) is 38.1 Å². The van der Waals surface area contributed by atoms with Crippen LogP contribution in [0.5, 0.6) is 11.5 Å². The van der Waals surface area contributed by atoms with Crippen molar-refractivity contribution in [3.05, 3.63) is 62.5 Å². The van der Waals surface area contributed by atoms with Gasteiger partial charge in [0.25, 0.3) is 0 Å². The van der Waals surface area contributed by atoms with E-state index < -0.39 is 30.0 Å². The Morgan fingerprint density at radius 2 is 1.89 bits per heavy atom. The monoisotopic (exact) mass is 686 g/mol. The molecule has 3 unspecified atom stereocenters. The summed E-state index contributed by atoms with van der Waals surface area (Å²) in [5.41, 5.74) is 14.0. The number of aliphatic imine (C=N–C) groups is 1. The van der Waals surface area contributed by atoms with E-state index in [0.29, 0.717) is 34.9 Å². The minimum Gasteiger partial charge on any atom is -0.489 e. The van der Waals surface area contributed by atoms with E-state index >= 15 is 0 Å². The van der Waals surface area contributed by atoms with Crippen LogP contribution in [0.1, 0.15) is 80.1 Å². The number of guanidine groups is 1. The van der Waals surface area contributed by atoms with Crippen LogP contribution in [0.15, 0.2) is 38.5 Å². The van der Waals surface area contributed by atoms with E-state index in [4.69, 9.17) is 25.4 Å². The summed E-state index contributed by atoms with van der Waals surface area (Å²) in [5.74, 6) is 1.34. The summed E-state index contributed by atoms with van der Waals surface area (Å²) < 4.78 is 19.8. The number of aliphatic hydroxyl groups excluding tert-OH is 2. The zero-order valence-corrected chi connectivity index (χ0v) is 28.1. The fourth-order valence-electron chi connectivity index (χ4n) is 6.67. The van der Waals surface area contributed by atoms with Crippen molar-refractivity contribution in [2.75, 3.05) is 17.8 Å². The normalized spacial score (nSPS) is 23.3. The van der Waals surface area contributed by atoms with Crippen LogP contribution in [0.2, 0.25) is 0 Å². The zero-order valence-electron chi connectivity index (χ0n) is 26.5. The van der Waals surface area contributed by atoms with Gasteiger partial charge in [-0.15, -0.1) is 0 Å². The smallest absolute Gasteiger partial charge is 0.200 e. The quantitative estimate of drug-likeness (QED) is 0.0778. The third kappa shape index (κ3) is 6.76. The van der Waals surface area contributed by atoms with Gasteiger partial charge in [0.1, 0.15) is 46.0 Å². The van der Waals surface area contributed by atoms with Gasteiger partial charge >= 0.3 is 0 Å². The Labute approximate surface area is 280 Å². The molecular formula is C33H42N4O8S2. The Hall–Kier alpha value is -3.14. The first-order chi connectivity index (χ1) is 22.4. The average Bonchev–Trinajstić information content (AvgIpc) is 3.71.